The molecule has 5 unspecified atom stereocenters. The minimum absolute atomic E-state index is 0.0794. The Labute approximate surface area is 213 Å². The van der Waals surface area contributed by atoms with E-state index in [0.29, 0.717) is 24.9 Å². The highest BCUT2D eigenvalue weighted by atomic mass is 32.2. The number of thioether (sulfide) groups is 1. The van der Waals surface area contributed by atoms with Crippen LogP contribution < -0.4 is 0 Å². The van der Waals surface area contributed by atoms with Crippen LogP contribution in [0.15, 0.2) is 34.3 Å². The first kappa shape index (κ1) is 23.8. The van der Waals surface area contributed by atoms with Gasteiger partial charge in [-0.05, 0) is 79.9 Å². The van der Waals surface area contributed by atoms with E-state index in [9.17, 15) is 19.8 Å². The third kappa shape index (κ3) is 3.43. The van der Waals surface area contributed by atoms with E-state index in [-0.39, 0.29) is 40.5 Å². The smallest absolute Gasteiger partial charge is 0.175 e. The Morgan fingerprint density at radius 3 is 2.89 bits per heavy atom. The summed E-state index contributed by atoms with van der Waals surface area (Å²) < 4.78 is 1.77. The van der Waals surface area contributed by atoms with Crippen molar-refractivity contribution in [2.75, 3.05) is 5.75 Å². The number of thiazole rings is 1. The van der Waals surface area contributed by atoms with E-state index in [1.807, 2.05) is 25.1 Å². The molecule has 4 aliphatic rings. The number of hydrogen-bond acceptors (Lipinski definition) is 8. The van der Waals surface area contributed by atoms with Crippen molar-refractivity contribution < 1.29 is 19.8 Å². The van der Waals surface area contributed by atoms with Gasteiger partial charge in [-0.1, -0.05) is 31.2 Å². The van der Waals surface area contributed by atoms with Gasteiger partial charge in [-0.2, -0.15) is 0 Å². The summed E-state index contributed by atoms with van der Waals surface area (Å²) in [6, 6.07) is 3.84. The van der Waals surface area contributed by atoms with E-state index in [4.69, 9.17) is 0 Å². The van der Waals surface area contributed by atoms with Crippen molar-refractivity contribution in [2.45, 2.75) is 74.8 Å². The number of Topliss-reactive ketones (excluding diaryl/α,β-unsaturated/α-hetero) is 1. The number of hydrogen-bond donors (Lipinski definition) is 2. The number of aliphatic hydroxyl groups is 2. The quantitative estimate of drug-likeness (QED) is 0.578. The molecule has 6 nitrogen and oxygen atoms in total. The highest BCUT2D eigenvalue weighted by Crippen LogP contribution is 2.67. The molecule has 0 spiro atoms. The third-order valence-corrected chi connectivity index (χ3v) is 12.1. The number of nitrogens with zero attached hydrogens (tertiary/aromatic N) is 2. The van der Waals surface area contributed by atoms with Crippen molar-refractivity contribution in [3.05, 3.63) is 30.0 Å². The van der Waals surface area contributed by atoms with Crippen molar-refractivity contribution in [1.29, 1.82) is 0 Å². The van der Waals surface area contributed by atoms with Gasteiger partial charge in [-0.15, -0.1) is 11.3 Å². The first-order chi connectivity index (χ1) is 16.7. The lowest BCUT2D eigenvalue weighted by atomic mass is 9.45. The number of pyridine rings is 1. The molecule has 4 aliphatic carbocycles. The van der Waals surface area contributed by atoms with E-state index in [1.165, 1.54) is 28.7 Å². The molecule has 2 aromatic heterocycles. The third-order valence-electron chi connectivity index (χ3n) is 9.98. The molecule has 0 radical (unpaired) electrons. The molecule has 0 amide bonds. The zero-order chi connectivity index (χ0) is 24.6. The molecule has 35 heavy (non-hydrogen) atoms. The second-order valence-corrected chi connectivity index (χ2v) is 13.7. The van der Waals surface area contributed by atoms with Gasteiger partial charge in [0.2, 0.25) is 0 Å². The number of rotatable bonds is 4. The number of aliphatic hydroxyl groups excluding tert-OH is 1. The van der Waals surface area contributed by atoms with Gasteiger partial charge in [0.05, 0.1) is 16.6 Å². The number of allylic oxidation sites excluding steroid dienone is 1. The van der Waals surface area contributed by atoms with Crippen molar-refractivity contribution in [1.82, 2.24) is 9.97 Å². The lowest BCUT2D eigenvalue weighted by Gasteiger charge is -2.60. The maximum absolute atomic E-state index is 13.6. The van der Waals surface area contributed by atoms with Gasteiger partial charge >= 0.3 is 0 Å². The molecule has 2 heterocycles. The Morgan fingerprint density at radius 2 is 2.09 bits per heavy atom. The standard InChI is InChI=1S/C27H32N2O4S2/c1-25-9-7-16(30)12-15(25)5-6-17-18-8-10-27(33,26(18,2)13-19(31)22(17)25)21(32)14-34-24-29-23-20(35-24)4-3-11-28-23/h3-4,11-12,17-19,22,31,33H,5-10,13-14H2,1-2H3/t17?,18?,19-,22?,25?,26?,27-/m0/s1. The summed E-state index contributed by atoms with van der Waals surface area (Å²) in [7, 11) is 0. The van der Waals surface area contributed by atoms with Crippen LogP contribution >= 0.6 is 23.1 Å². The van der Waals surface area contributed by atoms with Crippen LogP contribution in [0.5, 0.6) is 0 Å². The first-order valence-corrected chi connectivity index (χ1v) is 14.5. The van der Waals surface area contributed by atoms with Gasteiger partial charge in [0.25, 0.3) is 0 Å². The fourth-order valence-electron chi connectivity index (χ4n) is 8.21. The van der Waals surface area contributed by atoms with E-state index in [2.05, 4.69) is 16.9 Å². The first-order valence-electron chi connectivity index (χ1n) is 12.7. The van der Waals surface area contributed by atoms with Crippen LogP contribution in [-0.2, 0) is 9.59 Å². The summed E-state index contributed by atoms with van der Waals surface area (Å²) in [5, 5.41) is 23.4. The largest absolute Gasteiger partial charge is 0.393 e. The van der Waals surface area contributed by atoms with Gasteiger partial charge in [0.15, 0.2) is 21.6 Å². The molecule has 6 rings (SSSR count). The maximum atomic E-state index is 13.6. The summed E-state index contributed by atoms with van der Waals surface area (Å²) in [6.07, 6.45) is 7.74. The lowest BCUT2D eigenvalue weighted by molar-refractivity contribution is -0.178. The number of aromatic nitrogens is 2. The van der Waals surface area contributed by atoms with Crippen molar-refractivity contribution in [3.8, 4) is 0 Å². The minimum atomic E-state index is -1.44. The van der Waals surface area contributed by atoms with Crippen LogP contribution in [0.25, 0.3) is 10.3 Å². The zero-order valence-electron chi connectivity index (χ0n) is 20.2. The number of fused-ring (bicyclic) bond motifs is 6. The monoisotopic (exact) mass is 512 g/mol. The molecule has 0 aliphatic heterocycles. The van der Waals surface area contributed by atoms with Gasteiger partial charge < -0.3 is 10.2 Å². The average Bonchev–Trinajstić information content (AvgIpc) is 3.36. The van der Waals surface area contributed by atoms with Crippen LogP contribution in [0.3, 0.4) is 0 Å². The summed E-state index contributed by atoms with van der Waals surface area (Å²) in [5.74, 6) is 0.733. The molecule has 7 atom stereocenters. The molecular weight excluding hydrogens is 480 g/mol. The molecule has 3 saturated carbocycles. The molecule has 3 fully saturated rings. The normalized spacial score (nSPS) is 40.7. The molecule has 2 N–H and O–H groups in total. The Kier molecular flexibility index (Phi) is 5.57. The van der Waals surface area contributed by atoms with Crippen molar-refractivity contribution >= 4 is 45.0 Å². The Morgan fingerprint density at radius 1 is 1.26 bits per heavy atom. The molecule has 8 heteroatoms. The summed E-state index contributed by atoms with van der Waals surface area (Å²) in [5.41, 5.74) is -0.375. The Bertz CT molecular complexity index is 1210. The predicted molar refractivity (Wildman–Crippen MR) is 136 cm³/mol. The molecule has 0 saturated heterocycles. The lowest BCUT2D eigenvalue weighted by Crippen LogP contribution is -2.61. The SMILES string of the molecule is CC12CCC(=O)C=C1CCC1C2[C@@H](O)CC2(C)C1CC[C@]2(O)C(=O)CSc1nc2ncccc2s1. The average molecular weight is 513 g/mol. The van der Waals surface area contributed by atoms with Gasteiger partial charge in [-0.3, -0.25) is 9.59 Å². The minimum Gasteiger partial charge on any atom is -0.393 e. The van der Waals surface area contributed by atoms with E-state index in [0.717, 1.165) is 34.7 Å². The highest BCUT2D eigenvalue weighted by Gasteiger charge is 2.68. The maximum Gasteiger partial charge on any atom is 0.175 e. The Balaban J connectivity index is 1.24. The molecule has 0 bridgehead atoms. The van der Waals surface area contributed by atoms with Gasteiger partial charge in [0, 0.05) is 18.0 Å². The number of carbonyl (C=O) groups is 2. The van der Waals surface area contributed by atoms with Crippen LogP contribution in [-0.4, -0.2) is 49.2 Å². The van der Waals surface area contributed by atoms with Crippen LogP contribution in [0, 0.1) is 28.6 Å². The zero-order valence-corrected chi connectivity index (χ0v) is 21.8. The molecule has 186 valence electrons. The van der Waals surface area contributed by atoms with Gasteiger partial charge in [-0.25, -0.2) is 9.97 Å². The fourth-order valence-corrected chi connectivity index (χ4v) is 10.2. The van der Waals surface area contributed by atoms with Crippen LogP contribution in [0.1, 0.15) is 58.8 Å². The topological polar surface area (TPSA) is 100 Å². The van der Waals surface area contributed by atoms with E-state index < -0.39 is 17.1 Å². The molecular formula is C27H32N2O4S2. The molecule has 2 aromatic rings. The van der Waals surface area contributed by atoms with Crippen molar-refractivity contribution in [3.63, 3.8) is 0 Å². The van der Waals surface area contributed by atoms with E-state index >= 15 is 0 Å². The van der Waals surface area contributed by atoms with Gasteiger partial charge in [0.1, 0.15) is 5.60 Å². The summed E-state index contributed by atoms with van der Waals surface area (Å²) in [4.78, 5) is 34.5. The highest BCUT2D eigenvalue weighted by molar-refractivity contribution is 8.01. The number of ketones is 2. The summed E-state index contributed by atoms with van der Waals surface area (Å²) in [6.45, 7) is 4.26. The fraction of sp³-hybridized carbons (Fsp3) is 0.630. The summed E-state index contributed by atoms with van der Waals surface area (Å²) >= 11 is 2.89. The predicted octanol–water partition coefficient (Wildman–Crippen LogP) is 4.59. The number of carbonyl (C=O) groups excluding carboxylic acids is 2. The second kappa shape index (κ2) is 8.20. The molecule has 0 aromatic carbocycles. The van der Waals surface area contributed by atoms with Crippen LogP contribution in [0.2, 0.25) is 0 Å². The second-order valence-electron chi connectivity index (χ2n) is 11.5. The van der Waals surface area contributed by atoms with Crippen molar-refractivity contribution in [2.24, 2.45) is 28.6 Å². The Hall–Kier alpha value is -1.61. The van der Waals surface area contributed by atoms with E-state index in [1.54, 1.807) is 6.20 Å². The van der Waals surface area contributed by atoms with Crippen LogP contribution in [0.4, 0.5) is 0 Å².